The van der Waals surface area contributed by atoms with E-state index >= 15 is 0 Å². The number of benzene rings is 1. The molecule has 0 amide bonds. The standard InChI is InChI=1S/C14H18O4/c1-9(2)8-10(3)18-14(17)12-6-4-11(5-7-12)13(15)16/h4-7,9-10H,8H2,1-3H3,(H,15,16). The maximum atomic E-state index is 11.7. The van der Waals surface area contributed by atoms with Gasteiger partial charge in [0.05, 0.1) is 17.2 Å². The van der Waals surface area contributed by atoms with E-state index in [4.69, 9.17) is 9.84 Å². The summed E-state index contributed by atoms with van der Waals surface area (Å²) in [4.78, 5) is 22.4. The second-order valence-corrected chi connectivity index (χ2v) is 4.73. The number of carbonyl (C=O) groups is 2. The molecule has 18 heavy (non-hydrogen) atoms. The topological polar surface area (TPSA) is 63.6 Å². The summed E-state index contributed by atoms with van der Waals surface area (Å²) < 4.78 is 5.26. The molecule has 1 aromatic rings. The van der Waals surface area contributed by atoms with E-state index in [1.807, 2.05) is 6.92 Å². The lowest BCUT2D eigenvalue weighted by Crippen LogP contribution is -2.17. The molecule has 0 fully saturated rings. The highest BCUT2D eigenvalue weighted by Gasteiger charge is 2.13. The Labute approximate surface area is 107 Å². The van der Waals surface area contributed by atoms with Crippen molar-refractivity contribution in [2.45, 2.75) is 33.3 Å². The van der Waals surface area contributed by atoms with Crippen molar-refractivity contribution in [3.63, 3.8) is 0 Å². The van der Waals surface area contributed by atoms with Crippen LogP contribution in [0.3, 0.4) is 0 Å². The molecule has 0 aromatic heterocycles. The first-order valence-electron chi connectivity index (χ1n) is 5.94. The predicted octanol–water partition coefficient (Wildman–Crippen LogP) is 2.98. The highest BCUT2D eigenvalue weighted by atomic mass is 16.5. The van der Waals surface area contributed by atoms with Crippen molar-refractivity contribution in [1.29, 1.82) is 0 Å². The molecule has 1 N–H and O–H groups in total. The lowest BCUT2D eigenvalue weighted by Gasteiger charge is -2.15. The summed E-state index contributed by atoms with van der Waals surface area (Å²) in [5.41, 5.74) is 0.525. The molecule has 0 saturated carbocycles. The number of aromatic carboxylic acids is 1. The Bertz CT molecular complexity index is 420. The van der Waals surface area contributed by atoms with Gasteiger partial charge in [0.15, 0.2) is 0 Å². The third-order valence-corrected chi connectivity index (χ3v) is 2.48. The minimum Gasteiger partial charge on any atom is -0.478 e. The van der Waals surface area contributed by atoms with Gasteiger partial charge >= 0.3 is 11.9 Å². The molecule has 1 atom stereocenters. The number of esters is 1. The Morgan fingerprint density at radius 1 is 1.11 bits per heavy atom. The molecule has 0 aliphatic carbocycles. The van der Waals surface area contributed by atoms with E-state index in [-0.39, 0.29) is 11.7 Å². The number of rotatable bonds is 5. The molecule has 4 heteroatoms. The van der Waals surface area contributed by atoms with E-state index in [1.54, 1.807) is 0 Å². The SMILES string of the molecule is CC(C)CC(C)OC(=O)c1ccc(C(=O)O)cc1. The van der Waals surface area contributed by atoms with Crippen LogP contribution in [0.2, 0.25) is 0 Å². The summed E-state index contributed by atoms with van der Waals surface area (Å²) in [5, 5.41) is 8.74. The predicted molar refractivity (Wildman–Crippen MR) is 67.7 cm³/mol. The van der Waals surface area contributed by atoms with E-state index in [9.17, 15) is 9.59 Å². The smallest absolute Gasteiger partial charge is 0.338 e. The summed E-state index contributed by atoms with van der Waals surface area (Å²) in [6.07, 6.45) is 0.663. The van der Waals surface area contributed by atoms with E-state index in [2.05, 4.69) is 13.8 Å². The average Bonchev–Trinajstić information content (AvgIpc) is 2.27. The van der Waals surface area contributed by atoms with Crippen LogP contribution in [0.4, 0.5) is 0 Å². The van der Waals surface area contributed by atoms with Crippen LogP contribution in [0.25, 0.3) is 0 Å². The highest BCUT2D eigenvalue weighted by Crippen LogP contribution is 2.11. The van der Waals surface area contributed by atoms with Crippen molar-refractivity contribution in [3.05, 3.63) is 35.4 Å². The first-order chi connectivity index (χ1) is 8.40. The average molecular weight is 250 g/mol. The Morgan fingerprint density at radius 2 is 1.61 bits per heavy atom. The third-order valence-electron chi connectivity index (χ3n) is 2.48. The Morgan fingerprint density at radius 3 is 2.06 bits per heavy atom. The summed E-state index contributed by atoms with van der Waals surface area (Å²) in [6, 6.07) is 5.72. The van der Waals surface area contributed by atoms with Gasteiger partial charge in [-0.2, -0.15) is 0 Å². The minimum absolute atomic E-state index is 0.142. The Balaban J connectivity index is 2.64. The third kappa shape index (κ3) is 4.20. The molecule has 1 unspecified atom stereocenters. The van der Waals surface area contributed by atoms with Crippen LogP contribution in [-0.2, 0) is 4.74 Å². The van der Waals surface area contributed by atoms with Crippen molar-refractivity contribution in [2.75, 3.05) is 0 Å². The zero-order chi connectivity index (χ0) is 13.7. The maximum absolute atomic E-state index is 11.7. The summed E-state index contributed by atoms with van der Waals surface area (Å²) in [7, 11) is 0. The van der Waals surface area contributed by atoms with Gasteiger partial charge in [0.2, 0.25) is 0 Å². The van der Waals surface area contributed by atoms with Crippen molar-refractivity contribution < 1.29 is 19.4 Å². The van der Waals surface area contributed by atoms with E-state index < -0.39 is 11.9 Å². The molecule has 0 radical (unpaired) electrons. The van der Waals surface area contributed by atoms with Gasteiger partial charge in [-0.1, -0.05) is 13.8 Å². The van der Waals surface area contributed by atoms with Crippen LogP contribution in [0.15, 0.2) is 24.3 Å². The minimum atomic E-state index is -1.01. The van der Waals surface area contributed by atoms with Crippen LogP contribution in [0.5, 0.6) is 0 Å². The van der Waals surface area contributed by atoms with Gasteiger partial charge in [-0.3, -0.25) is 0 Å². The van der Waals surface area contributed by atoms with E-state index in [1.165, 1.54) is 24.3 Å². The zero-order valence-corrected chi connectivity index (χ0v) is 10.8. The number of carboxylic acids is 1. The van der Waals surface area contributed by atoms with Crippen molar-refractivity contribution in [2.24, 2.45) is 5.92 Å². The molecule has 0 saturated heterocycles. The number of hydrogen-bond acceptors (Lipinski definition) is 3. The van der Waals surface area contributed by atoms with Crippen LogP contribution in [0, 0.1) is 5.92 Å². The van der Waals surface area contributed by atoms with Crippen LogP contribution in [0.1, 0.15) is 47.9 Å². The first kappa shape index (κ1) is 14.2. The zero-order valence-electron chi connectivity index (χ0n) is 10.8. The van der Waals surface area contributed by atoms with E-state index in [0.717, 1.165) is 6.42 Å². The fourth-order valence-electron chi connectivity index (χ4n) is 1.71. The van der Waals surface area contributed by atoms with Gasteiger partial charge in [-0.25, -0.2) is 9.59 Å². The molecule has 0 spiro atoms. The number of hydrogen-bond donors (Lipinski definition) is 1. The number of carboxylic acid groups (broad SMARTS) is 1. The van der Waals surface area contributed by atoms with Crippen LogP contribution < -0.4 is 0 Å². The number of ether oxygens (including phenoxy) is 1. The molecule has 4 nitrogen and oxygen atoms in total. The molecule has 0 heterocycles. The lowest BCUT2D eigenvalue weighted by atomic mass is 10.1. The Hall–Kier alpha value is -1.84. The highest BCUT2D eigenvalue weighted by molar-refractivity contribution is 5.92. The molecular weight excluding hydrogens is 232 g/mol. The molecule has 0 aliphatic heterocycles. The van der Waals surface area contributed by atoms with E-state index in [0.29, 0.717) is 11.5 Å². The summed E-state index contributed by atoms with van der Waals surface area (Å²) in [6.45, 7) is 5.97. The molecule has 1 rings (SSSR count). The molecule has 1 aromatic carbocycles. The second kappa shape index (κ2) is 6.19. The molecule has 98 valence electrons. The first-order valence-corrected chi connectivity index (χ1v) is 5.94. The monoisotopic (exact) mass is 250 g/mol. The van der Waals surface area contributed by atoms with Crippen molar-refractivity contribution in [1.82, 2.24) is 0 Å². The summed E-state index contributed by atoms with van der Waals surface area (Å²) in [5.74, 6) is -0.967. The van der Waals surface area contributed by atoms with Gasteiger partial charge in [-0.05, 0) is 43.5 Å². The molecule has 0 bridgehead atoms. The van der Waals surface area contributed by atoms with Gasteiger partial charge in [-0.15, -0.1) is 0 Å². The Kier molecular flexibility index (Phi) is 4.89. The van der Waals surface area contributed by atoms with Gasteiger partial charge < -0.3 is 9.84 Å². The fourth-order valence-corrected chi connectivity index (χ4v) is 1.71. The molecule has 0 aliphatic rings. The quantitative estimate of drug-likeness (QED) is 0.816. The largest absolute Gasteiger partial charge is 0.478 e. The maximum Gasteiger partial charge on any atom is 0.338 e. The second-order valence-electron chi connectivity index (χ2n) is 4.73. The number of carbonyl (C=O) groups excluding carboxylic acids is 1. The van der Waals surface area contributed by atoms with Crippen molar-refractivity contribution >= 4 is 11.9 Å². The lowest BCUT2D eigenvalue weighted by molar-refractivity contribution is 0.0299. The van der Waals surface area contributed by atoms with Crippen LogP contribution >= 0.6 is 0 Å². The molecular formula is C14H18O4. The summed E-state index contributed by atoms with van der Waals surface area (Å²) >= 11 is 0. The normalized spacial score (nSPS) is 12.2. The van der Waals surface area contributed by atoms with Gasteiger partial charge in [0.25, 0.3) is 0 Å². The van der Waals surface area contributed by atoms with Gasteiger partial charge in [0, 0.05) is 0 Å². The van der Waals surface area contributed by atoms with Crippen molar-refractivity contribution in [3.8, 4) is 0 Å². The fraction of sp³-hybridized carbons (Fsp3) is 0.429. The van der Waals surface area contributed by atoms with Crippen LogP contribution in [-0.4, -0.2) is 23.1 Å². The van der Waals surface area contributed by atoms with Gasteiger partial charge in [0.1, 0.15) is 0 Å².